The quantitative estimate of drug-likeness (QED) is 0.263. The smallest absolute Gasteiger partial charge is 0.216 e. The predicted octanol–water partition coefficient (Wildman–Crippen LogP) is 6.50. The second kappa shape index (κ2) is 10.5. The molecule has 4 atom stereocenters. The molecule has 0 spiro atoms. The molecule has 4 aliphatic heterocycles. The molecule has 4 aromatic rings. The summed E-state index contributed by atoms with van der Waals surface area (Å²) in [6.07, 6.45) is 4.07. The molecule has 0 amide bonds. The number of aromatic hydroxyl groups is 1. The van der Waals surface area contributed by atoms with Gasteiger partial charge in [0, 0.05) is 55.2 Å². The van der Waals surface area contributed by atoms with Crippen LogP contribution in [0.1, 0.15) is 44.6 Å². The number of fused-ring (bicyclic) bond motifs is 5. The van der Waals surface area contributed by atoms with Crippen molar-refractivity contribution in [3.63, 3.8) is 0 Å². The first-order valence-electron chi connectivity index (χ1n) is 15.9. The van der Waals surface area contributed by atoms with E-state index in [0.717, 1.165) is 51.0 Å². The number of hydrogen-bond acceptors (Lipinski definition) is 6. The van der Waals surface area contributed by atoms with Crippen LogP contribution >= 0.6 is 0 Å². The molecule has 9 heteroatoms. The van der Waals surface area contributed by atoms with E-state index in [-0.39, 0.29) is 28.2 Å². The maximum atomic E-state index is 16.9. The highest BCUT2D eigenvalue weighted by atomic mass is 19.1. The highest BCUT2D eigenvalue weighted by Crippen LogP contribution is 2.43. The first-order valence-corrected chi connectivity index (χ1v) is 15.9. The summed E-state index contributed by atoms with van der Waals surface area (Å²) < 4.78 is 52.7. The lowest BCUT2D eigenvalue weighted by atomic mass is 9.92. The lowest BCUT2D eigenvalue weighted by Gasteiger charge is -2.35. The highest BCUT2D eigenvalue weighted by molar-refractivity contribution is 6.03. The van der Waals surface area contributed by atoms with Gasteiger partial charge < -0.3 is 20.1 Å². The van der Waals surface area contributed by atoms with Crippen molar-refractivity contribution in [2.45, 2.75) is 69.2 Å². The molecular formula is C35H37F3N4O2. The Morgan fingerprint density at radius 3 is 2.66 bits per heavy atom. The van der Waals surface area contributed by atoms with Gasteiger partial charge in [-0.2, -0.15) is 0 Å². The summed E-state index contributed by atoms with van der Waals surface area (Å²) >= 11 is 0. The van der Waals surface area contributed by atoms with Crippen LogP contribution in [-0.2, 0) is 6.42 Å². The van der Waals surface area contributed by atoms with Crippen LogP contribution in [0.25, 0.3) is 32.8 Å². The number of alkyl halides is 1. The summed E-state index contributed by atoms with van der Waals surface area (Å²) in [5.41, 5.74) is 1.82. The summed E-state index contributed by atoms with van der Waals surface area (Å²) in [4.78, 5) is 9.24. The summed E-state index contributed by atoms with van der Waals surface area (Å²) in [5, 5.41) is 16.2. The van der Waals surface area contributed by atoms with Crippen molar-refractivity contribution in [2.24, 2.45) is 0 Å². The molecule has 44 heavy (non-hydrogen) atoms. The molecule has 1 aromatic heterocycles. The fourth-order valence-corrected chi connectivity index (χ4v) is 8.47. The number of hydrogen-bond donors (Lipinski definition) is 2. The Morgan fingerprint density at radius 1 is 1.05 bits per heavy atom. The van der Waals surface area contributed by atoms with Gasteiger partial charge in [-0.3, -0.25) is 4.90 Å². The van der Waals surface area contributed by atoms with Crippen molar-refractivity contribution in [1.29, 1.82) is 0 Å². The van der Waals surface area contributed by atoms with E-state index in [1.165, 1.54) is 12.1 Å². The predicted molar refractivity (Wildman–Crippen MR) is 166 cm³/mol. The van der Waals surface area contributed by atoms with Crippen molar-refractivity contribution >= 4 is 27.4 Å². The highest BCUT2D eigenvalue weighted by Gasteiger charge is 2.49. The molecule has 4 saturated heterocycles. The van der Waals surface area contributed by atoms with E-state index in [1.807, 2.05) is 19.1 Å². The van der Waals surface area contributed by atoms with Crippen molar-refractivity contribution in [2.75, 3.05) is 37.7 Å². The first kappa shape index (κ1) is 28.0. The fraction of sp³-hybridized carbons (Fsp3) is 0.457. The standard InChI is InChI=1S/C35H37F3N4O2/c1-2-25-29(37)9-4-20-12-24(43)13-28(32(20)25)26-7-8-27-30(41-17-22-5-6-23(18-41)39-22)14-31(40-34(27)33(26)38)44-19-35-10-3-11-42(35)16-21(36)15-35/h4,7-9,12-14,21-23,39,43H,2-3,5-6,10-11,15-19H2,1H3/t21-,22-,23+,35+/m1/s1. The van der Waals surface area contributed by atoms with E-state index in [0.29, 0.717) is 71.2 Å². The minimum absolute atomic E-state index is 0.0224. The van der Waals surface area contributed by atoms with Crippen LogP contribution in [0.5, 0.6) is 11.6 Å². The summed E-state index contributed by atoms with van der Waals surface area (Å²) in [5.74, 6) is -0.610. The number of benzene rings is 3. The van der Waals surface area contributed by atoms with Crippen LogP contribution in [0.4, 0.5) is 18.9 Å². The Labute approximate surface area is 254 Å². The second-order valence-electron chi connectivity index (χ2n) is 13.2. The number of phenols is 1. The molecule has 0 radical (unpaired) electrons. The number of nitrogens with zero attached hydrogens (tertiary/aromatic N) is 3. The lowest BCUT2D eigenvalue weighted by Crippen LogP contribution is -2.51. The molecule has 230 valence electrons. The van der Waals surface area contributed by atoms with Crippen LogP contribution in [-0.4, -0.2) is 71.6 Å². The number of anilines is 1. The van der Waals surface area contributed by atoms with Gasteiger partial charge in [0.1, 0.15) is 29.9 Å². The maximum absolute atomic E-state index is 16.9. The van der Waals surface area contributed by atoms with Gasteiger partial charge in [0.05, 0.1) is 11.2 Å². The molecule has 4 aliphatic rings. The molecule has 3 aromatic carbocycles. The third kappa shape index (κ3) is 4.50. The molecule has 2 bridgehead atoms. The number of pyridine rings is 1. The number of rotatable bonds is 6. The number of nitrogens with one attached hydrogen (secondary N) is 1. The Balaban J connectivity index is 1.27. The number of ether oxygens (including phenoxy) is 1. The Bertz CT molecular complexity index is 1770. The topological polar surface area (TPSA) is 60.9 Å². The molecule has 2 N–H and O–H groups in total. The SMILES string of the molecule is CCc1c(F)ccc2cc(O)cc(-c3ccc4c(N5C[C@H]6CC[C@@H](C5)N6)cc(OC[C@@]56CCCN5C[C@H](F)C6)nc4c3F)c12. The maximum Gasteiger partial charge on any atom is 0.216 e. The van der Waals surface area contributed by atoms with Crippen LogP contribution in [0.2, 0.25) is 0 Å². The van der Waals surface area contributed by atoms with Crippen molar-refractivity contribution in [3.05, 3.63) is 59.7 Å². The van der Waals surface area contributed by atoms with E-state index in [1.54, 1.807) is 18.2 Å². The van der Waals surface area contributed by atoms with Crippen LogP contribution in [0.15, 0.2) is 42.5 Å². The summed E-state index contributed by atoms with van der Waals surface area (Å²) in [6.45, 7) is 5.06. The number of aromatic nitrogens is 1. The van der Waals surface area contributed by atoms with Crippen molar-refractivity contribution in [3.8, 4) is 22.8 Å². The van der Waals surface area contributed by atoms with Gasteiger partial charge in [0.15, 0.2) is 5.82 Å². The number of phenolic OH excluding ortho intramolecular Hbond substituents is 1. The minimum atomic E-state index is -0.870. The number of halogens is 3. The third-order valence-corrected chi connectivity index (χ3v) is 10.5. The molecule has 0 saturated carbocycles. The van der Waals surface area contributed by atoms with E-state index >= 15 is 4.39 Å². The Hall–Kier alpha value is -3.56. The molecule has 4 fully saturated rings. The molecule has 6 nitrogen and oxygen atoms in total. The molecule has 0 aliphatic carbocycles. The second-order valence-corrected chi connectivity index (χ2v) is 13.2. The van der Waals surface area contributed by atoms with E-state index in [9.17, 15) is 13.9 Å². The lowest BCUT2D eigenvalue weighted by molar-refractivity contribution is 0.111. The van der Waals surface area contributed by atoms with Crippen LogP contribution < -0.4 is 15.0 Å². The first-order chi connectivity index (χ1) is 21.3. The Morgan fingerprint density at radius 2 is 1.86 bits per heavy atom. The van der Waals surface area contributed by atoms with Gasteiger partial charge >= 0.3 is 0 Å². The van der Waals surface area contributed by atoms with Crippen LogP contribution in [0, 0.1) is 11.6 Å². The molecular weight excluding hydrogens is 565 g/mol. The summed E-state index contributed by atoms with van der Waals surface area (Å²) in [6, 6.07) is 12.3. The van der Waals surface area contributed by atoms with Crippen molar-refractivity contribution in [1.82, 2.24) is 15.2 Å². The monoisotopic (exact) mass is 602 g/mol. The zero-order valence-electron chi connectivity index (χ0n) is 24.9. The average molecular weight is 603 g/mol. The normalized spacial score (nSPS) is 26.6. The van der Waals surface area contributed by atoms with E-state index in [2.05, 4.69) is 15.1 Å². The number of piperazine rings is 1. The Kier molecular flexibility index (Phi) is 6.68. The van der Waals surface area contributed by atoms with Crippen LogP contribution in [0.3, 0.4) is 0 Å². The van der Waals surface area contributed by atoms with E-state index < -0.39 is 12.0 Å². The zero-order valence-corrected chi connectivity index (χ0v) is 24.9. The van der Waals surface area contributed by atoms with Gasteiger partial charge in [-0.1, -0.05) is 19.1 Å². The van der Waals surface area contributed by atoms with Gasteiger partial charge in [0.25, 0.3) is 0 Å². The van der Waals surface area contributed by atoms with Gasteiger partial charge in [-0.15, -0.1) is 0 Å². The number of aryl methyl sites for hydroxylation is 1. The van der Waals surface area contributed by atoms with Gasteiger partial charge in [-0.05, 0) is 84.8 Å². The van der Waals surface area contributed by atoms with E-state index in [4.69, 9.17) is 9.72 Å². The molecule has 0 unspecified atom stereocenters. The minimum Gasteiger partial charge on any atom is -0.508 e. The summed E-state index contributed by atoms with van der Waals surface area (Å²) in [7, 11) is 0. The molecule has 8 rings (SSSR count). The third-order valence-electron chi connectivity index (χ3n) is 10.5. The molecule has 5 heterocycles. The van der Waals surface area contributed by atoms with Crippen molar-refractivity contribution < 1.29 is 23.0 Å². The van der Waals surface area contributed by atoms with Gasteiger partial charge in [0.2, 0.25) is 5.88 Å². The average Bonchev–Trinajstić information content (AvgIpc) is 3.66. The largest absolute Gasteiger partial charge is 0.508 e. The zero-order chi connectivity index (χ0) is 30.2. The van der Waals surface area contributed by atoms with Gasteiger partial charge in [-0.25, -0.2) is 18.2 Å². The fourth-order valence-electron chi connectivity index (χ4n) is 8.47.